The van der Waals surface area contributed by atoms with Crippen LogP contribution in [-0.4, -0.2) is 76.2 Å². The molecule has 4 amide bonds. The number of imide groups is 1. The molecule has 1 aromatic rings. The maximum atomic E-state index is 13.2. The molecule has 0 aliphatic carbocycles. The van der Waals surface area contributed by atoms with Crippen LogP contribution in [0.25, 0.3) is 0 Å². The number of rotatable bonds is 9. The van der Waals surface area contributed by atoms with Crippen LogP contribution in [0.2, 0.25) is 0 Å². The van der Waals surface area contributed by atoms with Gasteiger partial charge in [0.1, 0.15) is 18.0 Å². The van der Waals surface area contributed by atoms with E-state index in [1.54, 1.807) is 0 Å². The number of nitrogens with one attached hydrogen (secondary N) is 1. The Bertz CT molecular complexity index is 1280. The Morgan fingerprint density at radius 2 is 1.68 bits per heavy atom. The lowest BCUT2D eigenvalue weighted by molar-refractivity contribution is -0.168. The molecule has 1 aromatic carbocycles. The van der Waals surface area contributed by atoms with Gasteiger partial charge in [-0.2, -0.15) is 13.2 Å². The van der Waals surface area contributed by atoms with Crippen LogP contribution in [0.15, 0.2) is 35.2 Å². The summed E-state index contributed by atoms with van der Waals surface area (Å²) in [7, 11) is 0. The second kappa shape index (κ2) is 11.9. The minimum absolute atomic E-state index is 0.0135. The highest BCUT2D eigenvalue weighted by Gasteiger charge is 2.56. The molecule has 15 heteroatoms. The topological polar surface area (TPSA) is 139 Å². The maximum absolute atomic E-state index is 13.2. The number of carbonyl (C=O) groups is 6. The minimum Gasteiger partial charge on any atom is -0.461 e. The lowest BCUT2D eigenvalue weighted by Crippen LogP contribution is -2.74. The molecule has 41 heavy (non-hydrogen) atoms. The number of hydrogen-bond acceptors (Lipinski definition) is 9. The summed E-state index contributed by atoms with van der Waals surface area (Å²) in [6, 6.07) is 0.976. The molecular formula is C26H26F3N3O8S. The molecule has 3 aliphatic rings. The first-order valence-corrected chi connectivity index (χ1v) is 13.5. The van der Waals surface area contributed by atoms with Crippen LogP contribution in [0.5, 0.6) is 0 Å². The van der Waals surface area contributed by atoms with Crippen LogP contribution in [-0.2, 0) is 39.6 Å². The smallest absolute Gasteiger partial charge is 0.416 e. The summed E-state index contributed by atoms with van der Waals surface area (Å²) >= 11 is 1.07. The van der Waals surface area contributed by atoms with Crippen molar-refractivity contribution in [1.82, 2.24) is 15.1 Å². The maximum Gasteiger partial charge on any atom is 0.416 e. The molecule has 11 nitrogen and oxygen atoms in total. The molecule has 0 bridgehead atoms. The number of β-lactam (4-membered cyclic amide) rings is 1. The zero-order chi connectivity index (χ0) is 30.1. The highest BCUT2D eigenvalue weighted by atomic mass is 32.2. The van der Waals surface area contributed by atoms with Gasteiger partial charge in [-0.05, 0) is 35.6 Å². The Kier molecular flexibility index (Phi) is 8.75. The SMILES string of the molecule is CC(C)CC(=O)OCC1=CS[C@@H]2C(NC(=O)c3ccc(C(F)(F)F)cc3)C(=O)N2C1C(=O)OCN1C(=O)CCC1=O. The van der Waals surface area contributed by atoms with Crippen LogP contribution >= 0.6 is 11.8 Å². The number of benzene rings is 1. The fourth-order valence-corrected chi connectivity index (χ4v) is 5.59. The van der Waals surface area contributed by atoms with Gasteiger partial charge in [0, 0.05) is 30.4 Å². The first kappa shape index (κ1) is 30.1. The molecule has 0 aromatic heterocycles. The summed E-state index contributed by atoms with van der Waals surface area (Å²) in [5, 5.41) is 3.20. The van der Waals surface area contributed by atoms with Gasteiger partial charge in [-0.15, -0.1) is 11.8 Å². The third-order valence-corrected chi connectivity index (χ3v) is 7.73. The summed E-state index contributed by atoms with van der Waals surface area (Å²) in [4.78, 5) is 76.8. The number of esters is 2. The van der Waals surface area contributed by atoms with Gasteiger partial charge in [-0.25, -0.2) is 9.69 Å². The van der Waals surface area contributed by atoms with E-state index < -0.39 is 71.5 Å². The summed E-state index contributed by atoms with van der Waals surface area (Å²) in [6.07, 6.45) is -4.48. The van der Waals surface area contributed by atoms with Crippen LogP contribution in [0.4, 0.5) is 13.2 Å². The molecule has 2 unspecified atom stereocenters. The van der Waals surface area contributed by atoms with E-state index in [-0.39, 0.29) is 42.9 Å². The number of hydrogen-bond donors (Lipinski definition) is 1. The Balaban J connectivity index is 1.48. The van der Waals surface area contributed by atoms with E-state index in [4.69, 9.17) is 9.47 Å². The molecule has 3 aliphatic heterocycles. The minimum atomic E-state index is -4.58. The fraction of sp³-hybridized carbons (Fsp3) is 0.462. The highest BCUT2D eigenvalue weighted by molar-refractivity contribution is 8.03. The van der Waals surface area contributed by atoms with Gasteiger partial charge in [0.2, 0.25) is 17.7 Å². The summed E-state index contributed by atoms with van der Waals surface area (Å²) < 4.78 is 49.0. The zero-order valence-electron chi connectivity index (χ0n) is 21.9. The number of carbonyl (C=O) groups excluding carboxylic acids is 6. The van der Waals surface area contributed by atoms with Gasteiger partial charge in [0.05, 0.1) is 5.56 Å². The number of fused-ring (bicyclic) bond motifs is 1. The van der Waals surface area contributed by atoms with E-state index in [9.17, 15) is 41.9 Å². The molecule has 1 N–H and O–H groups in total. The average molecular weight is 598 g/mol. The molecule has 2 fully saturated rings. The van der Waals surface area contributed by atoms with Gasteiger partial charge in [0.15, 0.2) is 12.8 Å². The third-order valence-electron chi connectivity index (χ3n) is 6.52. The second-order valence-corrected chi connectivity index (χ2v) is 11.0. The predicted octanol–water partition coefficient (Wildman–Crippen LogP) is 2.21. The molecular weight excluding hydrogens is 571 g/mol. The van der Waals surface area contributed by atoms with Crippen molar-refractivity contribution >= 4 is 47.3 Å². The summed E-state index contributed by atoms with van der Waals surface area (Å²) in [5.74, 6) is -3.98. The largest absolute Gasteiger partial charge is 0.461 e. The normalized spacial score (nSPS) is 22.2. The molecule has 220 valence electrons. The third kappa shape index (κ3) is 6.55. The summed E-state index contributed by atoms with van der Waals surface area (Å²) in [6.45, 7) is 2.65. The quantitative estimate of drug-likeness (QED) is 0.258. The van der Waals surface area contributed by atoms with Crippen molar-refractivity contribution in [1.29, 1.82) is 0 Å². The van der Waals surface area contributed by atoms with Crippen molar-refractivity contribution in [2.75, 3.05) is 13.3 Å². The van der Waals surface area contributed by atoms with Crippen LogP contribution < -0.4 is 5.32 Å². The average Bonchev–Trinajstić information content (AvgIpc) is 3.24. The Hall–Kier alpha value is -3.88. The van der Waals surface area contributed by atoms with E-state index in [0.29, 0.717) is 0 Å². The molecule has 4 rings (SSSR count). The van der Waals surface area contributed by atoms with E-state index in [1.807, 2.05) is 13.8 Å². The van der Waals surface area contributed by atoms with Crippen LogP contribution in [0.3, 0.4) is 0 Å². The molecule has 3 heterocycles. The molecule has 2 saturated heterocycles. The number of ether oxygens (including phenoxy) is 2. The highest BCUT2D eigenvalue weighted by Crippen LogP contribution is 2.40. The zero-order valence-corrected chi connectivity index (χ0v) is 22.8. The molecule has 0 saturated carbocycles. The van der Waals surface area contributed by atoms with Crippen molar-refractivity contribution in [3.8, 4) is 0 Å². The van der Waals surface area contributed by atoms with Crippen molar-refractivity contribution in [2.45, 2.75) is 56.7 Å². The van der Waals surface area contributed by atoms with E-state index >= 15 is 0 Å². The lowest BCUT2D eigenvalue weighted by Gasteiger charge is -2.51. The number of halogens is 3. The van der Waals surface area contributed by atoms with Crippen LogP contribution in [0, 0.1) is 5.92 Å². The van der Waals surface area contributed by atoms with Crippen LogP contribution in [0.1, 0.15) is 49.0 Å². The number of thioether (sulfide) groups is 1. The molecule has 0 spiro atoms. The fourth-order valence-electron chi connectivity index (χ4n) is 4.38. The number of alkyl halides is 3. The van der Waals surface area contributed by atoms with Crippen molar-refractivity contribution in [3.63, 3.8) is 0 Å². The first-order valence-electron chi connectivity index (χ1n) is 12.6. The van der Waals surface area contributed by atoms with Crippen molar-refractivity contribution in [2.24, 2.45) is 5.92 Å². The van der Waals surface area contributed by atoms with Gasteiger partial charge in [0.25, 0.3) is 5.91 Å². The summed E-state index contributed by atoms with van der Waals surface area (Å²) in [5.41, 5.74) is -0.823. The Labute approximate surface area is 236 Å². The number of amides is 4. The molecule has 3 atom stereocenters. The van der Waals surface area contributed by atoms with Gasteiger partial charge >= 0.3 is 18.1 Å². The van der Waals surface area contributed by atoms with Gasteiger partial charge in [-0.3, -0.25) is 24.0 Å². The Morgan fingerprint density at radius 3 is 2.27 bits per heavy atom. The predicted molar refractivity (Wildman–Crippen MR) is 135 cm³/mol. The Morgan fingerprint density at radius 1 is 1.05 bits per heavy atom. The van der Waals surface area contributed by atoms with E-state index in [0.717, 1.165) is 45.8 Å². The standard InChI is InChI=1S/C26H26F3N3O8S/c1-13(2)9-19(35)39-10-15-11-41-24-20(30-22(36)14-3-5-16(6-4-14)26(27,28)29)23(37)32(24)21(15)25(38)40-12-31-17(33)7-8-18(31)34/h3-6,11,13,20-21,24H,7-10,12H2,1-2H3,(H,30,36)/t20?,21?,24-/m1/s1. The van der Waals surface area contributed by atoms with Crippen molar-refractivity contribution < 1.29 is 51.4 Å². The first-order chi connectivity index (χ1) is 19.3. The second-order valence-electron chi connectivity index (χ2n) is 9.96. The molecule has 0 radical (unpaired) electrons. The number of nitrogens with zero attached hydrogens (tertiary/aromatic N) is 2. The lowest BCUT2D eigenvalue weighted by atomic mass is 9.98. The number of likely N-dealkylation sites (tertiary alicyclic amines) is 1. The van der Waals surface area contributed by atoms with Gasteiger partial charge in [-0.1, -0.05) is 13.8 Å². The van der Waals surface area contributed by atoms with Gasteiger partial charge < -0.3 is 19.7 Å². The van der Waals surface area contributed by atoms with E-state index in [2.05, 4.69) is 5.32 Å². The van der Waals surface area contributed by atoms with Crippen molar-refractivity contribution in [3.05, 3.63) is 46.4 Å². The van der Waals surface area contributed by atoms with E-state index in [1.165, 1.54) is 5.41 Å². The monoisotopic (exact) mass is 597 g/mol.